The molecule has 0 bridgehead atoms. The first kappa shape index (κ1) is 20.6. The van der Waals surface area contributed by atoms with E-state index in [-0.39, 0.29) is 5.91 Å². The number of aryl methyl sites for hydroxylation is 4. The van der Waals surface area contributed by atoms with Gasteiger partial charge in [0.1, 0.15) is 10.8 Å². The largest absolute Gasteiger partial charge is 0.361 e. The summed E-state index contributed by atoms with van der Waals surface area (Å²) in [6, 6.07) is 8.86. The van der Waals surface area contributed by atoms with Crippen LogP contribution < -0.4 is 10.9 Å². The number of amides is 2. The highest BCUT2D eigenvalue weighted by molar-refractivity contribution is 7.98. The summed E-state index contributed by atoms with van der Waals surface area (Å²) in [6.07, 6.45) is 1.63. The number of benzene rings is 1. The Morgan fingerprint density at radius 2 is 1.76 bits per heavy atom. The molecule has 29 heavy (non-hydrogen) atoms. The number of aromatic nitrogens is 2. The zero-order chi connectivity index (χ0) is 21.0. The molecule has 2 heterocycles. The molecule has 1 aromatic carbocycles. The average Bonchev–Trinajstić information content (AvgIpc) is 3.02. The van der Waals surface area contributed by atoms with Gasteiger partial charge in [-0.1, -0.05) is 22.9 Å². The van der Waals surface area contributed by atoms with Gasteiger partial charge in [-0.25, -0.2) is 4.98 Å². The second-order valence-electron chi connectivity index (χ2n) is 6.67. The van der Waals surface area contributed by atoms with Crippen molar-refractivity contribution in [2.24, 2.45) is 0 Å². The van der Waals surface area contributed by atoms with Crippen molar-refractivity contribution in [1.29, 1.82) is 0 Å². The van der Waals surface area contributed by atoms with Crippen LogP contribution in [0.25, 0.3) is 0 Å². The van der Waals surface area contributed by atoms with E-state index in [0.717, 1.165) is 28.1 Å². The Labute approximate surface area is 173 Å². The maximum Gasteiger partial charge on any atom is 0.272 e. The molecule has 3 rings (SSSR count). The number of thioether (sulfide) groups is 1. The number of pyridine rings is 1. The van der Waals surface area contributed by atoms with Gasteiger partial charge in [-0.2, -0.15) is 0 Å². The highest BCUT2D eigenvalue weighted by Gasteiger charge is 2.17. The molecular formula is C21H22N4O3S. The average molecular weight is 410 g/mol. The van der Waals surface area contributed by atoms with E-state index in [2.05, 4.69) is 21.0 Å². The molecule has 2 aromatic heterocycles. The number of nitrogens with zero attached hydrogens (tertiary/aromatic N) is 2. The molecular weight excluding hydrogens is 388 g/mol. The van der Waals surface area contributed by atoms with Gasteiger partial charge >= 0.3 is 0 Å². The molecule has 0 saturated carbocycles. The number of hydrogen-bond acceptors (Lipinski definition) is 6. The Balaban J connectivity index is 1.67. The maximum atomic E-state index is 12.6. The van der Waals surface area contributed by atoms with Crippen LogP contribution in [-0.4, -0.2) is 22.0 Å². The molecule has 0 atom stereocenters. The number of rotatable bonds is 5. The first-order valence-electron chi connectivity index (χ1n) is 9.04. The summed E-state index contributed by atoms with van der Waals surface area (Å²) in [5.41, 5.74) is 9.54. The van der Waals surface area contributed by atoms with Gasteiger partial charge in [0.25, 0.3) is 11.8 Å². The molecule has 0 saturated heterocycles. The van der Waals surface area contributed by atoms with Crippen molar-refractivity contribution in [3.8, 4) is 0 Å². The third kappa shape index (κ3) is 4.83. The quantitative estimate of drug-likeness (QED) is 0.492. The van der Waals surface area contributed by atoms with E-state index in [0.29, 0.717) is 21.9 Å². The van der Waals surface area contributed by atoms with Crippen LogP contribution in [0, 0.1) is 27.7 Å². The molecule has 7 nitrogen and oxygen atoms in total. The summed E-state index contributed by atoms with van der Waals surface area (Å²) in [5, 5.41) is 4.50. The third-order valence-electron chi connectivity index (χ3n) is 4.47. The molecule has 150 valence electrons. The van der Waals surface area contributed by atoms with Crippen molar-refractivity contribution in [2.45, 2.75) is 38.5 Å². The van der Waals surface area contributed by atoms with Crippen molar-refractivity contribution < 1.29 is 14.1 Å². The third-order valence-corrected chi connectivity index (χ3v) is 5.50. The van der Waals surface area contributed by atoms with Crippen LogP contribution in [-0.2, 0) is 5.75 Å². The fraction of sp³-hybridized carbons (Fsp3) is 0.238. The summed E-state index contributed by atoms with van der Waals surface area (Å²) in [7, 11) is 0. The van der Waals surface area contributed by atoms with Crippen LogP contribution >= 0.6 is 11.8 Å². The minimum Gasteiger partial charge on any atom is -0.361 e. The second kappa shape index (κ2) is 8.91. The van der Waals surface area contributed by atoms with Crippen LogP contribution in [0.5, 0.6) is 0 Å². The Morgan fingerprint density at radius 3 is 2.41 bits per heavy atom. The van der Waals surface area contributed by atoms with Gasteiger partial charge in [0, 0.05) is 23.1 Å². The zero-order valence-corrected chi connectivity index (χ0v) is 17.5. The highest BCUT2D eigenvalue weighted by atomic mass is 32.2. The second-order valence-corrected chi connectivity index (χ2v) is 7.64. The van der Waals surface area contributed by atoms with E-state index in [4.69, 9.17) is 4.52 Å². The summed E-state index contributed by atoms with van der Waals surface area (Å²) in [6.45, 7) is 7.54. The molecule has 0 aliphatic rings. The summed E-state index contributed by atoms with van der Waals surface area (Å²) < 4.78 is 5.17. The van der Waals surface area contributed by atoms with E-state index >= 15 is 0 Å². The molecule has 0 unspecified atom stereocenters. The Kier molecular flexibility index (Phi) is 6.33. The minimum absolute atomic E-state index is 0.371. The van der Waals surface area contributed by atoms with Crippen molar-refractivity contribution >= 4 is 23.6 Å². The van der Waals surface area contributed by atoms with E-state index in [1.165, 1.54) is 11.8 Å². The van der Waals surface area contributed by atoms with Gasteiger partial charge in [0.15, 0.2) is 0 Å². The Morgan fingerprint density at radius 1 is 1.03 bits per heavy atom. The van der Waals surface area contributed by atoms with Crippen molar-refractivity contribution in [3.63, 3.8) is 0 Å². The van der Waals surface area contributed by atoms with E-state index in [1.54, 1.807) is 24.4 Å². The van der Waals surface area contributed by atoms with Gasteiger partial charge < -0.3 is 4.52 Å². The monoisotopic (exact) mass is 410 g/mol. The van der Waals surface area contributed by atoms with Gasteiger partial charge in [-0.05, 0) is 51.5 Å². The predicted octanol–water partition coefficient (Wildman–Crippen LogP) is 3.67. The molecule has 0 aliphatic carbocycles. The SMILES string of the molecule is Cc1ccc(C(=O)NNC(=O)c2cccnc2SCc2c(C)noc2C)c(C)c1. The first-order valence-corrected chi connectivity index (χ1v) is 10.0. The molecule has 2 amide bonds. The Bertz CT molecular complexity index is 1040. The van der Waals surface area contributed by atoms with E-state index < -0.39 is 5.91 Å². The van der Waals surface area contributed by atoms with E-state index in [9.17, 15) is 9.59 Å². The summed E-state index contributed by atoms with van der Waals surface area (Å²) in [5.74, 6) is 0.521. The summed E-state index contributed by atoms with van der Waals surface area (Å²) >= 11 is 1.41. The number of carbonyl (C=O) groups is 2. The fourth-order valence-corrected chi connectivity index (χ4v) is 3.99. The van der Waals surface area contributed by atoms with Gasteiger partial charge in [0.2, 0.25) is 0 Å². The molecule has 3 aromatic rings. The molecule has 0 aliphatic heterocycles. The standard InChI is InChI=1S/C21H22N4O3S/c1-12-7-8-16(13(2)10-12)19(26)23-24-20(27)17-6-5-9-22-21(17)29-11-18-14(3)25-28-15(18)4/h5-10H,11H2,1-4H3,(H,23,26)(H,24,27). The predicted molar refractivity (Wildman–Crippen MR) is 111 cm³/mol. The molecule has 0 fully saturated rings. The lowest BCUT2D eigenvalue weighted by molar-refractivity contribution is 0.0844. The topological polar surface area (TPSA) is 97.1 Å². The molecule has 0 radical (unpaired) electrons. The van der Waals surface area contributed by atoms with Crippen molar-refractivity contribution in [3.05, 3.63) is 75.8 Å². The summed E-state index contributed by atoms with van der Waals surface area (Å²) in [4.78, 5) is 29.3. The minimum atomic E-state index is -0.433. The maximum absolute atomic E-state index is 12.6. The van der Waals surface area contributed by atoms with Crippen LogP contribution in [0.4, 0.5) is 0 Å². The highest BCUT2D eigenvalue weighted by Crippen LogP contribution is 2.27. The lowest BCUT2D eigenvalue weighted by atomic mass is 10.1. The lowest BCUT2D eigenvalue weighted by Crippen LogP contribution is -2.42. The van der Waals surface area contributed by atoms with Gasteiger partial charge in [-0.15, -0.1) is 11.8 Å². The molecule has 0 spiro atoms. The van der Waals surface area contributed by atoms with Crippen molar-refractivity contribution in [2.75, 3.05) is 0 Å². The van der Waals surface area contributed by atoms with Crippen LogP contribution in [0.15, 0.2) is 46.1 Å². The van der Waals surface area contributed by atoms with Crippen LogP contribution in [0.3, 0.4) is 0 Å². The number of nitrogens with one attached hydrogen (secondary N) is 2. The molecule has 8 heteroatoms. The van der Waals surface area contributed by atoms with Crippen LogP contribution in [0.1, 0.15) is 48.9 Å². The van der Waals surface area contributed by atoms with Crippen LogP contribution in [0.2, 0.25) is 0 Å². The number of hydrazine groups is 1. The van der Waals surface area contributed by atoms with Crippen molar-refractivity contribution in [1.82, 2.24) is 21.0 Å². The van der Waals surface area contributed by atoms with E-state index in [1.807, 2.05) is 39.8 Å². The lowest BCUT2D eigenvalue weighted by Gasteiger charge is -2.11. The Hall–Kier alpha value is -3.13. The normalized spacial score (nSPS) is 10.6. The molecule has 2 N–H and O–H groups in total. The number of carbonyl (C=O) groups excluding carboxylic acids is 2. The zero-order valence-electron chi connectivity index (χ0n) is 16.7. The van der Waals surface area contributed by atoms with Gasteiger partial charge in [-0.3, -0.25) is 20.4 Å². The smallest absolute Gasteiger partial charge is 0.272 e. The number of hydrogen-bond donors (Lipinski definition) is 2. The van der Waals surface area contributed by atoms with Gasteiger partial charge in [0.05, 0.1) is 11.3 Å². The fourth-order valence-electron chi connectivity index (χ4n) is 2.84. The first-order chi connectivity index (χ1) is 13.9.